The zero-order valence-electron chi connectivity index (χ0n) is 15.9. The van der Waals surface area contributed by atoms with Gasteiger partial charge in [-0.25, -0.2) is 4.39 Å². The Balaban J connectivity index is 1.58. The quantitative estimate of drug-likeness (QED) is 0.815. The Kier molecular flexibility index (Phi) is 5.95. The van der Waals surface area contributed by atoms with Crippen molar-refractivity contribution in [3.8, 4) is 6.07 Å². The maximum atomic E-state index is 14.8. The minimum absolute atomic E-state index is 0.0543. The van der Waals surface area contributed by atoms with Crippen LogP contribution in [0.4, 0.5) is 10.1 Å². The highest BCUT2D eigenvalue weighted by molar-refractivity contribution is 6.30. The molecule has 1 saturated heterocycles. The zero-order valence-corrected chi connectivity index (χ0v) is 16.6. The molecule has 3 rings (SSSR count). The van der Waals surface area contributed by atoms with E-state index in [0.29, 0.717) is 49.4 Å². The number of nitrogens with one attached hydrogen (secondary N) is 1. The fourth-order valence-electron chi connectivity index (χ4n) is 4.16. The molecule has 2 fully saturated rings. The lowest BCUT2D eigenvalue weighted by Crippen LogP contribution is -2.50. The first kappa shape index (κ1) is 19.9. The van der Waals surface area contributed by atoms with Crippen LogP contribution in [0.2, 0.25) is 5.02 Å². The number of carbonyl (C=O) groups is 1. The second kappa shape index (κ2) is 8.06. The predicted molar refractivity (Wildman–Crippen MR) is 106 cm³/mol. The first-order chi connectivity index (χ1) is 12.9. The number of piperidine rings is 1. The van der Waals surface area contributed by atoms with Crippen LogP contribution in [0, 0.1) is 16.7 Å². The van der Waals surface area contributed by atoms with Crippen LogP contribution in [-0.2, 0) is 4.79 Å². The predicted octanol–water partition coefficient (Wildman–Crippen LogP) is 4.61. The molecule has 1 aliphatic carbocycles. The third kappa shape index (κ3) is 4.55. The van der Waals surface area contributed by atoms with Gasteiger partial charge in [0.25, 0.3) is 0 Å². The summed E-state index contributed by atoms with van der Waals surface area (Å²) < 4.78 is 14.8. The van der Waals surface area contributed by atoms with Crippen LogP contribution >= 0.6 is 11.6 Å². The maximum absolute atomic E-state index is 14.8. The first-order valence-electron chi connectivity index (χ1n) is 9.77. The van der Waals surface area contributed by atoms with Crippen LogP contribution < -0.4 is 10.2 Å². The van der Waals surface area contributed by atoms with Crippen LogP contribution in [0.1, 0.15) is 57.4 Å². The summed E-state index contributed by atoms with van der Waals surface area (Å²) in [5.74, 6) is -0.0543. The molecule has 1 amide bonds. The first-order valence-corrected chi connectivity index (χ1v) is 10.1. The van der Waals surface area contributed by atoms with Gasteiger partial charge in [0.1, 0.15) is 11.7 Å². The highest BCUT2D eigenvalue weighted by atomic mass is 35.5. The molecule has 1 aliphatic heterocycles. The molecule has 27 heavy (non-hydrogen) atoms. The van der Waals surface area contributed by atoms with Crippen LogP contribution in [0.15, 0.2) is 18.2 Å². The number of carbonyl (C=O) groups excluding carboxylic acids is 1. The number of halogens is 2. The molecule has 1 N–H and O–H groups in total. The van der Waals surface area contributed by atoms with E-state index in [4.69, 9.17) is 11.6 Å². The third-order valence-electron chi connectivity index (χ3n) is 6.15. The molecular weight excluding hydrogens is 365 g/mol. The largest absolute Gasteiger partial charge is 0.370 e. The minimum Gasteiger partial charge on any atom is -0.370 e. The van der Waals surface area contributed by atoms with Crippen molar-refractivity contribution in [1.29, 1.82) is 5.26 Å². The fraction of sp³-hybridized carbons (Fsp3) is 0.619. The molecular formula is C21H27ClFN3O. The highest BCUT2D eigenvalue weighted by Gasteiger charge is 2.39. The summed E-state index contributed by atoms with van der Waals surface area (Å²) in [4.78, 5) is 14.9. The van der Waals surface area contributed by atoms with Gasteiger partial charge in [-0.2, -0.15) is 5.26 Å². The van der Waals surface area contributed by atoms with Gasteiger partial charge in [-0.15, -0.1) is 0 Å². The van der Waals surface area contributed by atoms with Crippen molar-refractivity contribution < 1.29 is 9.18 Å². The molecule has 4 nitrogen and oxygen atoms in total. The normalized spacial score (nSPS) is 21.3. The van der Waals surface area contributed by atoms with E-state index in [2.05, 4.69) is 16.3 Å². The van der Waals surface area contributed by atoms with Crippen LogP contribution in [-0.4, -0.2) is 31.2 Å². The SMILES string of the molecule is CC1(C(=O)NCC2(F)CCCCC2)CCN(c2ccc(Cl)cc2C#N)CC1. The smallest absolute Gasteiger partial charge is 0.226 e. The van der Waals surface area contributed by atoms with E-state index in [1.165, 1.54) is 0 Å². The second-order valence-corrected chi connectivity index (χ2v) is 8.65. The van der Waals surface area contributed by atoms with Gasteiger partial charge in [-0.3, -0.25) is 4.79 Å². The number of hydrogen-bond acceptors (Lipinski definition) is 3. The standard InChI is InChI=1S/C21H27ClFN3O/c1-20(19(27)25-15-21(23)7-3-2-4-8-21)9-11-26(12-10-20)18-6-5-17(22)13-16(18)14-24/h5-6,13H,2-4,7-12,15H2,1H3,(H,25,27). The Morgan fingerprint density at radius 3 is 2.56 bits per heavy atom. The summed E-state index contributed by atoms with van der Waals surface area (Å²) in [6, 6.07) is 7.50. The molecule has 146 valence electrons. The number of anilines is 1. The summed E-state index contributed by atoms with van der Waals surface area (Å²) in [7, 11) is 0. The molecule has 0 atom stereocenters. The van der Waals surface area contributed by atoms with Gasteiger partial charge in [-0.1, -0.05) is 37.8 Å². The van der Waals surface area contributed by atoms with Gasteiger partial charge in [-0.05, 0) is 43.9 Å². The summed E-state index contributed by atoms with van der Waals surface area (Å²) in [5.41, 5.74) is -0.335. The number of alkyl halides is 1. The van der Waals surface area contributed by atoms with Crippen molar-refractivity contribution in [3.05, 3.63) is 28.8 Å². The lowest BCUT2D eigenvalue weighted by molar-refractivity contribution is -0.132. The van der Waals surface area contributed by atoms with Crippen molar-refractivity contribution >= 4 is 23.2 Å². The van der Waals surface area contributed by atoms with Gasteiger partial charge in [0.2, 0.25) is 5.91 Å². The van der Waals surface area contributed by atoms with Crippen molar-refractivity contribution in [2.24, 2.45) is 5.41 Å². The summed E-state index contributed by atoms with van der Waals surface area (Å²) in [6.45, 7) is 3.45. The summed E-state index contributed by atoms with van der Waals surface area (Å²) in [5, 5.41) is 12.8. The Labute approximate surface area is 165 Å². The lowest BCUT2D eigenvalue weighted by atomic mass is 9.78. The number of benzene rings is 1. The van der Waals surface area contributed by atoms with E-state index in [0.717, 1.165) is 24.9 Å². The molecule has 1 heterocycles. The lowest BCUT2D eigenvalue weighted by Gasteiger charge is -2.40. The average molecular weight is 392 g/mol. The molecule has 2 aliphatic rings. The summed E-state index contributed by atoms with van der Waals surface area (Å²) in [6.07, 6.45) is 5.33. The van der Waals surface area contributed by atoms with Gasteiger partial charge in [0.05, 0.1) is 17.8 Å². The number of nitriles is 1. The molecule has 1 aromatic carbocycles. The Bertz CT molecular complexity index is 731. The molecule has 1 saturated carbocycles. The molecule has 6 heteroatoms. The van der Waals surface area contributed by atoms with Crippen molar-refractivity contribution in [3.63, 3.8) is 0 Å². The third-order valence-corrected chi connectivity index (χ3v) is 6.39. The molecule has 0 spiro atoms. The number of amides is 1. The molecule has 0 unspecified atom stereocenters. The van der Waals surface area contributed by atoms with Gasteiger partial charge in [0.15, 0.2) is 0 Å². The Hall–Kier alpha value is -1.80. The van der Waals surface area contributed by atoms with Gasteiger partial charge in [0, 0.05) is 23.5 Å². The van der Waals surface area contributed by atoms with Crippen LogP contribution in [0.25, 0.3) is 0 Å². The van der Waals surface area contributed by atoms with Gasteiger partial charge < -0.3 is 10.2 Å². The molecule has 0 bridgehead atoms. The number of nitrogens with zero attached hydrogens (tertiary/aromatic N) is 2. The fourth-order valence-corrected chi connectivity index (χ4v) is 4.33. The average Bonchev–Trinajstić information content (AvgIpc) is 2.67. The Morgan fingerprint density at radius 1 is 1.26 bits per heavy atom. The van der Waals surface area contributed by atoms with Crippen molar-refractivity contribution in [2.75, 3.05) is 24.5 Å². The van der Waals surface area contributed by atoms with Crippen molar-refractivity contribution in [2.45, 2.75) is 57.5 Å². The second-order valence-electron chi connectivity index (χ2n) is 8.22. The van der Waals surface area contributed by atoms with Crippen LogP contribution in [0.5, 0.6) is 0 Å². The number of rotatable bonds is 4. The zero-order chi connectivity index (χ0) is 19.5. The van der Waals surface area contributed by atoms with E-state index in [-0.39, 0.29) is 12.5 Å². The van der Waals surface area contributed by atoms with E-state index in [9.17, 15) is 14.4 Å². The summed E-state index contributed by atoms with van der Waals surface area (Å²) >= 11 is 5.98. The molecule has 0 aromatic heterocycles. The minimum atomic E-state index is -1.24. The van der Waals surface area contributed by atoms with E-state index < -0.39 is 11.1 Å². The highest BCUT2D eigenvalue weighted by Crippen LogP contribution is 2.36. The van der Waals surface area contributed by atoms with E-state index in [1.54, 1.807) is 12.1 Å². The Morgan fingerprint density at radius 2 is 1.93 bits per heavy atom. The molecule has 0 radical (unpaired) electrons. The topological polar surface area (TPSA) is 56.1 Å². The van der Waals surface area contributed by atoms with Gasteiger partial charge >= 0.3 is 0 Å². The monoisotopic (exact) mass is 391 g/mol. The number of hydrogen-bond donors (Lipinski definition) is 1. The van der Waals surface area contributed by atoms with Crippen LogP contribution in [0.3, 0.4) is 0 Å². The molecule has 1 aromatic rings. The van der Waals surface area contributed by atoms with E-state index in [1.807, 2.05) is 13.0 Å². The maximum Gasteiger partial charge on any atom is 0.226 e. The van der Waals surface area contributed by atoms with Crippen molar-refractivity contribution in [1.82, 2.24) is 5.32 Å². The van der Waals surface area contributed by atoms with E-state index >= 15 is 0 Å².